The molecule has 1 aliphatic rings. The fourth-order valence-electron chi connectivity index (χ4n) is 3.16. The number of carbonyl (C=O) groups is 1. The van der Waals surface area contributed by atoms with Gasteiger partial charge in [0.2, 0.25) is 0 Å². The smallest absolute Gasteiger partial charge is 0.278 e. The van der Waals surface area contributed by atoms with Crippen molar-refractivity contribution in [3.8, 4) is 11.1 Å². The molecule has 0 bridgehead atoms. The number of hydroxylamine groups is 1. The Balaban J connectivity index is 0.00000182. The Morgan fingerprint density at radius 3 is 2.11 bits per heavy atom. The zero-order valence-corrected chi connectivity index (χ0v) is 14.2. The second kappa shape index (κ2) is 9.13. The minimum Gasteiger partial charge on any atom is -0.386 e. The van der Waals surface area contributed by atoms with E-state index in [9.17, 15) is 9.90 Å². The van der Waals surface area contributed by atoms with Gasteiger partial charge in [0.05, 0.1) is 6.61 Å². The lowest BCUT2D eigenvalue weighted by Crippen LogP contribution is -2.65. The first-order valence-corrected chi connectivity index (χ1v) is 8.44. The van der Waals surface area contributed by atoms with Gasteiger partial charge in [0, 0.05) is 0 Å². The highest BCUT2D eigenvalue weighted by Gasteiger charge is 2.56. The molecule has 0 aliphatic heterocycles. The van der Waals surface area contributed by atoms with E-state index in [1.807, 2.05) is 54.6 Å². The Kier molecular flexibility index (Phi) is 7.72. The summed E-state index contributed by atoms with van der Waals surface area (Å²) in [7, 11) is 0. The van der Waals surface area contributed by atoms with Gasteiger partial charge in [0.1, 0.15) is 5.60 Å². The second-order valence-electron chi connectivity index (χ2n) is 6.71. The molecule has 2 aromatic carbocycles. The van der Waals surface area contributed by atoms with Crippen molar-refractivity contribution in [1.29, 1.82) is 0 Å². The molecule has 1 fully saturated rings. The number of hydrogen-bond acceptors (Lipinski definition) is 4. The standard InChI is InChI=1S/C20H23NO4.2CH4/c1-19(18(22)21-24,20(23)12-5-13-20)25-14-15-8-10-17(11-9-15)16-6-3-2-4-7-16;;/h2-4,6-11,23-24H,5,12-14H2,1H3,(H,21,22);2*1H4. The van der Waals surface area contributed by atoms with Crippen LogP contribution in [0.2, 0.25) is 0 Å². The first kappa shape index (κ1) is 22.8. The fourth-order valence-corrected chi connectivity index (χ4v) is 3.16. The van der Waals surface area contributed by atoms with Gasteiger partial charge in [-0.05, 0) is 42.9 Å². The van der Waals surface area contributed by atoms with Crippen molar-refractivity contribution >= 4 is 5.91 Å². The Morgan fingerprint density at radius 1 is 1.07 bits per heavy atom. The first-order valence-electron chi connectivity index (χ1n) is 8.44. The number of carbonyl (C=O) groups excluding carboxylic acids is 1. The number of benzene rings is 2. The van der Waals surface area contributed by atoms with Crippen molar-refractivity contribution in [1.82, 2.24) is 5.48 Å². The fraction of sp³-hybridized carbons (Fsp3) is 0.409. The van der Waals surface area contributed by atoms with Crippen LogP contribution >= 0.6 is 0 Å². The minimum atomic E-state index is -1.49. The lowest BCUT2D eigenvalue weighted by atomic mass is 9.68. The Hall–Kier alpha value is -2.21. The first-order chi connectivity index (χ1) is 12.0. The van der Waals surface area contributed by atoms with Gasteiger partial charge in [-0.3, -0.25) is 10.0 Å². The molecule has 5 heteroatoms. The van der Waals surface area contributed by atoms with E-state index in [1.54, 1.807) is 5.48 Å². The molecule has 1 unspecified atom stereocenters. The number of aliphatic hydroxyl groups is 1. The molecule has 1 atom stereocenters. The normalized spacial score (nSPS) is 16.7. The van der Waals surface area contributed by atoms with Crippen molar-refractivity contribution in [2.45, 2.75) is 58.8 Å². The van der Waals surface area contributed by atoms with Gasteiger partial charge in [0.15, 0.2) is 5.60 Å². The summed E-state index contributed by atoms with van der Waals surface area (Å²) in [5, 5.41) is 19.6. The molecule has 0 spiro atoms. The summed E-state index contributed by atoms with van der Waals surface area (Å²) < 4.78 is 5.80. The maximum atomic E-state index is 12.1. The van der Waals surface area contributed by atoms with Crippen LogP contribution in [0, 0.1) is 0 Å². The van der Waals surface area contributed by atoms with Crippen LogP contribution in [-0.4, -0.2) is 27.4 Å². The van der Waals surface area contributed by atoms with Crippen LogP contribution in [-0.2, 0) is 16.1 Å². The van der Waals surface area contributed by atoms with E-state index in [-0.39, 0.29) is 21.5 Å². The third kappa shape index (κ3) is 4.38. The molecule has 0 saturated heterocycles. The average molecular weight is 373 g/mol. The maximum Gasteiger partial charge on any atom is 0.278 e. The van der Waals surface area contributed by atoms with Crippen molar-refractivity contribution < 1.29 is 19.8 Å². The number of rotatable bonds is 6. The van der Waals surface area contributed by atoms with Gasteiger partial charge in [-0.15, -0.1) is 0 Å². The Bertz CT molecular complexity index is 726. The topological polar surface area (TPSA) is 78.8 Å². The molecular weight excluding hydrogens is 342 g/mol. The van der Waals surface area contributed by atoms with E-state index in [2.05, 4.69) is 0 Å². The second-order valence-corrected chi connectivity index (χ2v) is 6.71. The molecule has 3 rings (SSSR count). The molecule has 148 valence electrons. The molecule has 1 saturated carbocycles. The third-order valence-electron chi connectivity index (χ3n) is 5.19. The van der Waals surface area contributed by atoms with Crippen LogP contribution in [0.5, 0.6) is 0 Å². The van der Waals surface area contributed by atoms with Crippen LogP contribution in [0.15, 0.2) is 54.6 Å². The van der Waals surface area contributed by atoms with E-state index < -0.39 is 17.1 Å². The molecule has 3 N–H and O–H groups in total. The lowest BCUT2D eigenvalue weighted by Gasteiger charge is -2.48. The lowest BCUT2D eigenvalue weighted by molar-refractivity contribution is -0.218. The Labute approximate surface area is 162 Å². The van der Waals surface area contributed by atoms with Gasteiger partial charge < -0.3 is 9.84 Å². The predicted molar refractivity (Wildman–Crippen MR) is 107 cm³/mol. The number of ether oxygens (including phenoxy) is 1. The number of amides is 1. The zero-order valence-electron chi connectivity index (χ0n) is 14.2. The van der Waals surface area contributed by atoms with Gasteiger partial charge in [-0.25, -0.2) is 5.48 Å². The summed E-state index contributed by atoms with van der Waals surface area (Å²) in [6, 6.07) is 17.9. The molecule has 1 aliphatic carbocycles. The zero-order chi connectivity index (χ0) is 17.9. The minimum absolute atomic E-state index is 0. The highest BCUT2D eigenvalue weighted by Crippen LogP contribution is 2.43. The van der Waals surface area contributed by atoms with E-state index in [1.165, 1.54) is 6.92 Å². The largest absolute Gasteiger partial charge is 0.386 e. The molecule has 0 aromatic heterocycles. The molecule has 0 heterocycles. The molecule has 2 aromatic rings. The van der Waals surface area contributed by atoms with Gasteiger partial charge in [-0.2, -0.15) is 0 Å². The van der Waals surface area contributed by atoms with Crippen LogP contribution < -0.4 is 5.48 Å². The van der Waals surface area contributed by atoms with Crippen LogP contribution in [0.25, 0.3) is 11.1 Å². The van der Waals surface area contributed by atoms with E-state index >= 15 is 0 Å². The van der Waals surface area contributed by atoms with Crippen molar-refractivity contribution in [2.24, 2.45) is 0 Å². The Morgan fingerprint density at radius 2 is 1.63 bits per heavy atom. The number of nitrogens with one attached hydrogen (secondary N) is 1. The van der Waals surface area contributed by atoms with Crippen molar-refractivity contribution in [3.05, 3.63) is 60.2 Å². The molecule has 1 amide bonds. The van der Waals surface area contributed by atoms with E-state index in [0.717, 1.165) is 23.1 Å². The highest BCUT2D eigenvalue weighted by molar-refractivity contribution is 5.85. The van der Waals surface area contributed by atoms with Gasteiger partial charge >= 0.3 is 0 Å². The van der Waals surface area contributed by atoms with Crippen LogP contribution in [0.3, 0.4) is 0 Å². The quantitative estimate of drug-likeness (QED) is 0.520. The van der Waals surface area contributed by atoms with Crippen LogP contribution in [0.4, 0.5) is 0 Å². The summed E-state index contributed by atoms with van der Waals surface area (Å²) in [6.07, 6.45) is 1.79. The van der Waals surface area contributed by atoms with Crippen LogP contribution in [0.1, 0.15) is 46.6 Å². The van der Waals surface area contributed by atoms with Gasteiger partial charge in [0.25, 0.3) is 5.91 Å². The van der Waals surface area contributed by atoms with E-state index in [4.69, 9.17) is 9.94 Å². The summed E-state index contributed by atoms with van der Waals surface area (Å²) >= 11 is 0. The summed E-state index contributed by atoms with van der Waals surface area (Å²) in [4.78, 5) is 12.1. The summed E-state index contributed by atoms with van der Waals surface area (Å²) in [5.74, 6) is -0.726. The molecule has 5 nitrogen and oxygen atoms in total. The van der Waals surface area contributed by atoms with Gasteiger partial charge in [-0.1, -0.05) is 69.5 Å². The maximum absolute atomic E-state index is 12.1. The number of hydrogen-bond donors (Lipinski definition) is 3. The van der Waals surface area contributed by atoms with Crippen molar-refractivity contribution in [2.75, 3.05) is 0 Å². The predicted octanol–water partition coefficient (Wildman–Crippen LogP) is 4.32. The highest BCUT2D eigenvalue weighted by atomic mass is 16.5. The molecule has 0 radical (unpaired) electrons. The molecular formula is C22H31NO4. The average Bonchev–Trinajstić information content (AvgIpc) is 2.64. The molecule has 27 heavy (non-hydrogen) atoms. The summed E-state index contributed by atoms with van der Waals surface area (Å²) in [5.41, 5.74) is 2.00. The summed E-state index contributed by atoms with van der Waals surface area (Å²) in [6.45, 7) is 1.69. The third-order valence-corrected chi connectivity index (χ3v) is 5.19. The van der Waals surface area contributed by atoms with E-state index in [0.29, 0.717) is 12.8 Å². The van der Waals surface area contributed by atoms with Crippen molar-refractivity contribution in [3.63, 3.8) is 0 Å². The monoisotopic (exact) mass is 373 g/mol. The SMILES string of the molecule is C.C.CC(OCc1ccc(-c2ccccc2)cc1)(C(=O)NO)C1(O)CCC1.